The Kier molecular flexibility index (Phi) is 5.48. The minimum absolute atomic E-state index is 0.263. The van der Waals surface area contributed by atoms with Crippen molar-refractivity contribution in [1.29, 1.82) is 0 Å². The number of ether oxygens (including phenoxy) is 2. The highest BCUT2D eigenvalue weighted by Gasteiger charge is 2.31. The van der Waals surface area contributed by atoms with Gasteiger partial charge in [0.25, 0.3) is 0 Å². The Morgan fingerprint density at radius 3 is 2.36 bits per heavy atom. The van der Waals surface area contributed by atoms with Crippen LogP contribution in [0.25, 0.3) is 0 Å². The third-order valence-electron chi connectivity index (χ3n) is 3.88. The lowest BCUT2D eigenvalue weighted by atomic mass is 10.2. The lowest BCUT2D eigenvalue weighted by Gasteiger charge is -2.14. The molecule has 3 rings (SSSR count). The molecule has 1 saturated carbocycles. The van der Waals surface area contributed by atoms with Crippen molar-refractivity contribution in [3.05, 3.63) is 59.7 Å². The minimum Gasteiger partial charge on any atom is -0.489 e. The van der Waals surface area contributed by atoms with Crippen LogP contribution in [0.1, 0.15) is 24.0 Å². The first-order valence-corrected chi connectivity index (χ1v) is 8.25. The molecule has 0 atom stereocenters. The Morgan fingerprint density at radius 2 is 1.68 bits per heavy atom. The van der Waals surface area contributed by atoms with E-state index in [9.17, 15) is 13.2 Å². The second-order valence-electron chi connectivity index (χ2n) is 6.21. The third kappa shape index (κ3) is 6.31. The van der Waals surface area contributed by atoms with Gasteiger partial charge in [-0.2, -0.15) is 0 Å². The van der Waals surface area contributed by atoms with Gasteiger partial charge in [-0.15, -0.1) is 13.2 Å². The summed E-state index contributed by atoms with van der Waals surface area (Å²) in [6.45, 7) is 1.64. The summed E-state index contributed by atoms with van der Waals surface area (Å²) in [4.78, 5) is 0. The van der Waals surface area contributed by atoms with E-state index >= 15 is 0 Å². The predicted molar refractivity (Wildman–Crippen MR) is 88.3 cm³/mol. The maximum absolute atomic E-state index is 12.5. The average Bonchev–Trinajstić information content (AvgIpc) is 3.36. The second-order valence-corrected chi connectivity index (χ2v) is 6.21. The van der Waals surface area contributed by atoms with Crippen molar-refractivity contribution in [1.82, 2.24) is 5.32 Å². The van der Waals surface area contributed by atoms with Crippen LogP contribution in [-0.2, 0) is 13.2 Å². The molecule has 0 amide bonds. The standard InChI is InChI=1S/C19H20F3NO2/c20-19(21,22)25-18-9-16(12-23-11-14-6-7-14)8-17(10-18)24-13-15-4-2-1-3-5-15/h1-5,8-10,14,23H,6-7,11-13H2. The molecule has 1 fully saturated rings. The third-order valence-corrected chi connectivity index (χ3v) is 3.88. The first-order chi connectivity index (χ1) is 12.0. The monoisotopic (exact) mass is 351 g/mol. The van der Waals surface area contributed by atoms with Crippen LogP contribution in [0.15, 0.2) is 48.5 Å². The Morgan fingerprint density at radius 1 is 0.960 bits per heavy atom. The number of rotatable bonds is 8. The molecule has 0 bridgehead atoms. The normalized spacial score (nSPS) is 14.4. The van der Waals surface area contributed by atoms with Crippen molar-refractivity contribution in [3.8, 4) is 11.5 Å². The second kappa shape index (κ2) is 7.78. The van der Waals surface area contributed by atoms with E-state index in [0.717, 1.165) is 12.1 Å². The van der Waals surface area contributed by atoms with Crippen LogP contribution in [0.5, 0.6) is 11.5 Å². The first kappa shape index (κ1) is 17.6. The zero-order valence-electron chi connectivity index (χ0n) is 13.7. The van der Waals surface area contributed by atoms with Gasteiger partial charge < -0.3 is 14.8 Å². The topological polar surface area (TPSA) is 30.5 Å². The summed E-state index contributed by atoms with van der Waals surface area (Å²) < 4.78 is 47.3. The van der Waals surface area contributed by atoms with Crippen LogP contribution in [0.4, 0.5) is 13.2 Å². The molecule has 3 nitrogen and oxygen atoms in total. The molecule has 2 aromatic rings. The molecular weight excluding hydrogens is 331 g/mol. The lowest BCUT2D eigenvalue weighted by molar-refractivity contribution is -0.274. The van der Waals surface area contributed by atoms with E-state index in [1.165, 1.54) is 25.0 Å². The average molecular weight is 351 g/mol. The van der Waals surface area contributed by atoms with Crippen molar-refractivity contribution in [2.24, 2.45) is 5.92 Å². The van der Waals surface area contributed by atoms with Crippen molar-refractivity contribution in [2.45, 2.75) is 32.4 Å². The maximum Gasteiger partial charge on any atom is 0.573 e. The summed E-state index contributed by atoms with van der Waals surface area (Å²) in [6.07, 6.45) is -2.29. The Labute approximate surface area is 144 Å². The zero-order valence-corrected chi connectivity index (χ0v) is 13.7. The Bertz CT molecular complexity index is 685. The van der Waals surface area contributed by atoms with Gasteiger partial charge >= 0.3 is 6.36 Å². The first-order valence-electron chi connectivity index (χ1n) is 8.25. The number of hydrogen-bond acceptors (Lipinski definition) is 3. The molecule has 1 aliphatic rings. The smallest absolute Gasteiger partial charge is 0.489 e. The molecule has 0 aliphatic heterocycles. The number of nitrogens with one attached hydrogen (secondary N) is 1. The fourth-order valence-corrected chi connectivity index (χ4v) is 2.49. The van der Waals surface area contributed by atoms with E-state index in [2.05, 4.69) is 10.1 Å². The van der Waals surface area contributed by atoms with Gasteiger partial charge in [0.2, 0.25) is 0 Å². The number of halogens is 3. The molecule has 1 N–H and O–H groups in total. The van der Waals surface area contributed by atoms with Crippen LogP contribution in [0, 0.1) is 5.92 Å². The predicted octanol–water partition coefficient (Wildman–Crippen LogP) is 4.66. The molecule has 1 aliphatic carbocycles. The SMILES string of the molecule is FC(F)(F)Oc1cc(CNCC2CC2)cc(OCc2ccccc2)c1. The van der Waals surface area contributed by atoms with Gasteiger partial charge in [-0.1, -0.05) is 30.3 Å². The molecule has 0 unspecified atom stereocenters. The summed E-state index contributed by atoms with van der Waals surface area (Å²) in [7, 11) is 0. The highest BCUT2D eigenvalue weighted by atomic mass is 19.4. The Hall–Kier alpha value is -2.21. The van der Waals surface area contributed by atoms with Gasteiger partial charge in [-0.3, -0.25) is 0 Å². The fraction of sp³-hybridized carbons (Fsp3) is 0.368. The number of benzene rings is 2. The zero-order chi connectivity index (χ0) is 17.7. The van der Waals surface area contributed by atoms with Crippen LogP contribution >= 0.6 is 0 Å². The Balaban J connectivity index is 1.68. The molecule has 0 aromatic heterocycles. The highest BCUT2D eigenvalue weighted by Crippen LogP contribution is 2.30. The minimum atomic E-state index is -4.73. The summed E-state index contributed by atoms with van der Waals surface area (Å²) in [5, 5.41) is 3.26. The van der Waals surface area contributed by atoms with Crippen LogP contribution < -0.4 is 14.8 Å². The summed E-state index contributed by atoms with van der Waals surface area (Å²) in [5.74, 6) is 0.790. The maximum atomic E-state index is 12.5. The van der Waals surface area contributed by atoms with Crippen LogP contribution in [0.3, 0.4) is 0 Å². The lowest BCUT2D eigenvalue weighted by Crippen LogP contribution is -2.18. The largest absolute Gasteiger partial charge is 0.573 e. The highest BCUT2D eigenvalue weighted by molar-refractivity contribution is 5.38. The molecule has 0 spiro atoms. The van der Waals surface area contributed by atoms with Gasteiger partial charge in [-0.05, 0) is 48.6 Å². The molecule has 0 heterocycles. The van der Waals surface area contributed by atoms with Crippen LogP contribution in [0.2, 0.25) is 0 Å². The molecular formula is C19H20F3NO2. The van der Waals surface area contributed by atoms with Crippen molar-refractivity contribution < 1.29 is 22.6 Å². The van der Waals surface area contributed by atoms with Crippen molar-refractivity contribution in [2.75, 3.05) is 6.54 Å². The quantitative estimate of drug-likeness (QED) is 0.750. The van der Waals surface area contributed by atoms with E-state index in [0.29, 0.717) is 23.8 Å². The molecule has 0 saturated heterocycles. The van der Waals surface area contributed by atoms with E-state index in [-0.39, 0.29) is 12.4 Å². The molecule has 6 heteroatoms. The number of alkyl halides is 3. The van der Waals surface area contributed by atoms with Gasteiger partial charge in [0.15, 0.2) is 0 Å². The molecule has 25 heavy (non-hydrogen) atoms. The molecule has 134 valence electrons. The number of hydrogen-bond donors (Lipinski definition) is 1. The van der Waals surface area contributed by atoms with Gasteiger partial charge in [0.05, 0.1) is 0 Å². The van der Waals surface area contributed by atoms with Crippen molar-refractivity contribution in [3.63, 3.8) is 0 Å². The summed E-state index contributed by atoms with van der Waals surface area (Å²) >= 11 is 0. The fourth-order valence-electron chi connectivity index (χ4n) is 2.49. The van der Waals surface area contributed by atoms with Gasteiger partial charge in [0, 0.05) is 12.6 Å². The van der Waals surface area contributed by atoms with Crippen molar-refractivity contribution >= 4 is 0 Å². The van der Waals surface area contributed by atoms with E-state index in [4.69, 9.17) is 4.74 Å². The van der Waals surface area contributed by atoms with Crippen LogP contribution in [-0.4, -0.2) is 12.9 Å². The van der Waals surface area contributed by atoms with E-state index < -0.39 is 6.36 Å². The van der Waals surface area contributed by atoms with Gasteiger partial charge in [0.1, 0.15) is 18.1 Å². The summed E-state index contributed by atoms with van der Waals surface area (Å²) in [5.41, 5.74) is 1.64. The molecule has 0 radical (unpaired) electrons. The van der Waals surface area contributed by atoms with E-state index in [1.54, 1.807) is 6.07 Å². The van der Waals surface area contributed by atoms with E-state index in [1.807, 2.05) is 30.3 Å². The van der Waals surface area contributed by atoms with Gasteiger partial charge in [-0.25, -0.2) is 0 Å². The summed E-state index contributed by atoms with van der Waals surface area (Å²) in [6, 6.07) is 13.9. The molecule has 2 aromatic carbocycles.